The maximum absolute atomic E-state index is 12.7. The average Bonchev–Trinajstić information content (AvgIpc) is 3.11. The molecule has 0 aromatic rings. The Morgan fingerprint density at radius 1 is 1.19 bits per heavy atom. The van der Waals surface area contributed by atoms with E-state index in [4.69, 9.17) is 0 Å². The third-order valence-corrected chi connectivity index (χ3v) is 7.51. The molecule has 4 nitrogen and oxygen atoms in total. The summed E-state index contributed by atoms with van der Waals surface area (Å²) >= 11 is 0. The smallest absolute Gasteiger partial charge is 0.223 e. The first-order chi connectivity index (χ1) is 9.98. The maximum Gasteiger partial charge on any atom is 0.223 e. The van der Waals surface area contributed by atoms with Crippen molar-refractivity contribution in [3.63, 3.8) is 0 Å². The molecule has 0 unspecified atom stereocenters. The van der Waals surface area contributed by atoms with Crippen LogP contribution >= 0.6 is 0 Å². The Morgan fingerprint density at radius 2 is 2.00 bits per heavy atom. The van der Waals surface area contributed by atoms with E-state index in [1.165, 1.54) is 25.7 Å². The van der Waals surface area contributed by atoms with Crippen molar-refractivity contribution in [2.75, 3.05) is 18.1 Å². The summed E-state index contributed by atoms with van der Waals surface area (Å²) in [7, 11) is -2.92. The van der Waals surface area contributed by atoms with Crippen LogP contribution in [-0.2, 0) is 14.6 Å². The third-order valence-electron chi connectivity index (χ3n) is 5.76. The monoisotopic (exact) mass is 313 g/mol. The van der Waals surface area contributed by atoms with Crippen LogP contribution < -0.4 is 0 Å². The molecule has 0 spiro atoms. The van der Waals surface area contributed by atoms with Crippen molar-refractivity contribution in [3.05, 3.63) is 0 Å². The molecule has 3 fully saturated rings. The van der Waals surface area contributed by atoms with Gasteiger partial charge in [-0.15, -0.1) is 0 Å². The Balaban J connectivity index is 1.62. The van der Waals surface area contributed by atoms with E-state index in [0.29, 0.717) is 25.3 Å². The molecule has 3 rings (SSSR count). The summed E-state index contributed by atoms with van der Waals surface area (Å²) in [5, 5.41) is 0. The summed E-state index contributed by atoms with van der Waals surface area (Å²) in [6, 6.07) is -0.0685. The largest absolute Gasteiger partial charge is 0.339 e. The predicted octanol–water partition coefficient (Wildman–Crippen LogP) is 2.24. The van der Waals surface area contributed by atoms with E-state index < -0.39 is 9.84 Å². The highest BCUT2D eigenvalue weighted by atomic mass is 32.2. The summed E-state index contributed by atoms with van der Waals surface area (Å²) in [5.41, 5.74) is 0. The molecule has 0 aromatic heterocycles. The van der Waals surface area contributed by atoms with Crippen LogP contribution in [0.15, 0.2) is 0 Å². The highest BCUT2D eigenvalue weighted by Gasteiger charge is 2.42. The molecule has 2 saturated carbocycles. The number of hydrogen-bond donors (Lipinski definition) is 0. The van der Waals surface area contributed by atoms with Gasteiger partial charge in [-0.1, -0.05) is 13.3 Å². The Bertz CT molecular complexity index is 502. The van der Waals surface area contributed by atoms with E-state index in [1.54, 1.807) is 0 Å². The minimum absolute atomic E-state index is 0.0685. The van der Waals surface area contributed by atoms with Gasteiger partial charge in [-0.2, -0.15) is 0 Å². The van der Waals surface area contributed by atoms with E-state index >= 15 is 0 Å². The lowest BCUT2D eigenvalue weighted by molar-refractivity contribution is -0.134. The van der Waals surface area contributed by atoms with Gasteiger partial charge in [-0.25, -0.2) is 8.42 Å². The minimum Gasteiger partial charge on any atom is -0.339 e. The molecule has 21 heavy (non-hydrogen) atoms. The number of carbonyl (C=O) groups excluding carboxylic acids is 1. The van der Waals surface area contributed by atoms with Gasteiger partial charge < -0.3 is 4.90 Å². The van der Waals surface area contributed by atoms with Crippen LogP contribution in [0.3, 0.4) is 0 Å². The quantitative estimate of drug-likeness (QED) is 0.782. The first-order valence-electron chi connectivity index (χ1n) is 8.48. The zero-order valence-corrected chi connectivity index (χ0v) is 13.8. The molecule has 0 N–H and O–H groups in total. The number of sulfone groups is 1. The summed E-state index contributed by atoms with van der Waals surface area (Å²) in [6.45, 7) is 2.76. The fourth-order valence-corrected chi connectivity index (χ4v) is 6.47. The van der Waals surface area contributed by atoms with Gasteiger partial charge in [0, 0.05) is 19.0 Å². The predicted molar refractivity (Wildman–Crippen MR) is 82.6 cm³/mol. The maximum atomic E-state index is 12.7. The minimum atomic E-state index is -2.92. The van der Waals surface area contributed by atoms with Crippen LogP contribution in [0.4, 0.5) is 0 Å². The first kappa shape index (κ1) is 15.3. The molecule has 0 aromatic carbocycles. The van der Waals surface area contributed by atoms with Gasteiger partial charge >= 0.3 is 0 Å². The molecule has 120 valence electrons. The zero-order chi connectivity index (χ0) is 15.0. The second kappa shape index (κ2) is 5.90. The normalized spacial score (nSPS) is 37.0. The van der Waals surface area contributed by atoms with Gasteiger partial charge in [0.1, 0.15) is 0 Å². The number of rotatable bonds is 5. The highest BCUT2D eigenvalue weighted by molar-refractivity contribution is 7.91. The lowest BCUT2D eigenvalue weighted by atomic mass is 9.86. The Hall–Kier alpha value is -0.580. The van der Waals surface area contributed by atoms with Crippen molar-refractivity contribution in [1.29, 1.82) is 0 Å². The lowest BCUT2D eigenvalue weighted by Gasteiger charge is -2.30. The van der Waals surface area contributed by atoms with Gasteiger partial charge in [-0.3, -0.25) is 4.79 Å². The van der Waals surface area contributed by atoms with Crippen LogP contribution in [0.5, 0.6) is 0 Å². The molecule has 4 atom stereocenters. The van der Waals surface area contributed by atoms with Gasteiger partial charge in [0.25, 0.3) is 0 Å². The van der Waals surface area contributed by atoms with Crippen molar-refractivity contribution in [1.82, 2.24) is 4.90 Å². The number of fused-ring (bicyclic) bond motifs is 2. The van der Waals surface area contributed by atoms with Crippen LogP contribution in [0.25, 0.3) is 0 Å². The van der Waals surface area contributed by atoms with Gasteiger partial charge in [-0.05, 0) is 49.9 Å². The van der Waals surface area contributed by atoms with Crippen LogP contribution in [0.2, 0.25) is 0 Å². The average molecular weight is 313 g/mol. The Kier molecular flexibility index (Phi) is 4.30. The van der Waals surface area contributed by atoms with Gasteiger partial charge in [0.15, 0.2) is 9.84 Å². The fraction of sp³-hybridized carbons (Fsp3) is 0.938. The second-order valence-corrected chi connectivity index (χ2v) is 9.51. The summed E-state index contributed by atoms with van der Waals surface area (Å²) in [6.07, 6.45) is 7.38. The van der Waals surface area contributed by atoms with Crippen LogP contribution in [-0.4, -0.2) is 43.3 Å². The molecule has 1 amide bonds. The van der Waals surface area contributed by atoms with Crippen molar-refractivity contribution in [3.8, 4) is 0 Å². The highest BCUT2D eigenvalue weighted by Crippen LogP contribution is 2.49. The van der Waals surface area contributed by atoms with Crippen LogP contribution in [0.1, 0.15) is 51.9 Å². The topological polar surface area (TPSA) is 54.5 Å². The van der Waals surface area contributed by atoms with E-state index in [1.807, 2.05) is 4.90 Å². The van der Waals surface area contributed by atoms with E-state index in [-0.39, 0.29) is 23.5 Å². The molecule has 1 heterocycles. The molecule has 2 bridgehead atoms. The number of nitrogens with zero attached hydrogens (tertiary/aromatic N) is 1. The third kappa shape index (κ3) is 3.27. The molecular weight excluding hydrogens is 286 g/mol. The number of amides is 1. The molecule has 1 saturated heterocycles. The van der Waals surface area contributed by atoms with Gasteiger partial charge in [0.2, 0.25) is 5.91 Å². The van der Waals surface area contributed by atoms with Gasteiger partial charge in [0.05, 0.1) is 11.5 Å². The van der Waals surface area contributed by atoms with E-state index in [9.17, 15) is 13.2 Å². The molecule has 2 aliphatic carbocycles. The van der Waals surface area contributed by atoms with Crippen molar-refractivity contribution < 1.29 is 13.2 Å². The first-order valence-corrected chi connectivity index (χ1v) is 10.3. The van der Waals surface area contributed by atoms with Crippen molar-refractivity contribution in [2.45, 2.75) is 57.9 Å². The molecule has 0 radical (unpaired) electrons. The second-order valence-electron chi connectivity index (χ2n) is 7.28. The standard InChI is InChI=1S/C16H27NO3S/c1-2-6-17(15-5-7-21(19,20)11-15)16(18)10-14-9-12-3-4-13(14)8-12/h12-15H,2-11H2,1H3/t12-,13-,14-,15-/m0/s1. The summed E-state index contributed by atoms with van der Waals surface area (Å²) in [5.74, 6) is 2.81. The van der Waals surface area contributed by atoms with E-state index in [2.05, 4.69) is 6.92 Å². The molecule has 5 heteroatoms. The molecular formula is C16H27NO3S. The van der Waals surface area contributed by atoms with Crippen molar-refractivity contribution in [2.24, 2.45) is 17.8 Å². The SMILES string of the molecule is CCCN(C(=O)C[C@@H]1C[C@H]2CC[C@H]1C2)[C@H]1CCS(=O)(=O)C1. The van der Waals surface area contributed by atoms with E-state index in [0.717, 1.165) is 18.3 Å². The lowest BCUT2D eigenvalue weighted by Crippen LogP contribution is -2.42. The van der Waals surface area contributed by atoms with Crippen molar-refractivity contribution >= 4 is 15.7 Å². The molecule has 1 aliphatic heterocycles. The summed E-state index contributed by atoms with van der Waals surface area (Å²) in [4.78, 5) is 14.6. The summed E-state index contributed by atoms with van der Waals surface area (Å²) < 4.78 is 23.4. The zero-order valence-electron chi connectivity index (χ0n) is 13.0. The number of carbonyl (C=O) groups is 1. The Labute approximate surface area is 128 Å². The Morgan fingerprint density at radius 3 is 2.52 bits per heavy atom. The van der Waals surface area contributed by atoms with Crippen LogP contribution in [0, 0.1) is 17.8 Å². The number of hydrogen-bond acceptors (Lipinski definition) is 3. The molecule has 3 aliphatic rings. The fourth-order valence-electron chi connectivity index (χ4n) is 4.74.